The number of nitriles is 1. The third kappa shape index (κ3) is 3.81. The topological polar surface area (TPSA) is 112 Å². The van der Waals surface area contributed by atoms with Crippen LogP contribution in [0.1, 0.15) is 51.5 Å². The molecule has 0 spiro atoms. The Kier molecular flexibility index (Phi) is 5.58. The van der Waals surface area contributed by atoms with Gasteiger partial charge in [-0.3, -0.25) is 9.59 Å². The van der Waals surface area contributed by atoms with Crippen molar-refractivity contribution in [1.29, 1.82) is 5.26 Å². The number of nitrogens with zero attached hydrogens (tertiary/aromatic N) is 1. The van der Waals surface area contributed by atoms with E-state index in [1.54, 1.807) is 38.1 Å². The molecule has 0 fully saturated rings. The zero-order chi connectivity index (χ0) is 19.4. The van der Waals surface area contributed by atoms with Crippen molar-refractivity contribution >= 4 is 23.3 Å². The van der Waals surface area contributed by atoms with Gasteiger partial charge in [-0.25, -0.2) is 4.79 Å². The van der Waals surface area contributed by atoms with E-state index in [0.717, 1.165) is 0 Å². The van der Waals surface area contributed by atoms with Gasteiger partial charge < -0.3 is 15.0 Å². The van der Waals surface area contributed by atoms with E-state index in [-0.39, 0.29) is 11.5 Å². The Morgan fingerprint density at radius 3 is 2.46 bits per heavy atom. The normalized spacial score (nSPS) is 11.3. The fraction of sp³-hybridized carbons (Fsp3) is 0.263. The molecule has 0 saturated heterocycles. The van der Waals surface area contributed by atoms with Crippen LogP contribution in [0.2, 0.25) is 0 Å². The highest BCUT2D eigenvalue weighted by atomic mass is 16.5. The van der Waals surface area contributed by atoms with Gasteiger partial charge in [0.15, 0.2) is 11.9 Å². The predicted octanol–water partition coefficient (Wildman–Crippen LogP) is 2.89. The lowest BCUT2D eigenvalue weighted by Crippen LogP contribution is -2.30. The van der Waals surface area contributed by atoms with Gasteiger partial charge in [-0.1, -0.05) is 12.1 Å². The smallest absolute Gasteiger partial charge is 0.355 e. The Labute approximate surface area is 151 Å². The van der Waals surface area contributed by atoms with Crippen LogP contribution in [0.4, 0.5) is 5.69 Å². The number of anilines is 1. The Bertz CT molecular complexity index is 921. The van der Waals surface area contributed by atoms with E-state index in [1.165, 1.54) is 13.8 Å². The van der Waals surface area contributed by atoms with Crippen molar-refractivity contribution in [3.8, 4) is 6.07 Å². The first-order valence-corrected chi connectivity index (χ1v) is 7.97. The van der Waals surface area contributed by atoms with Crippen LogP contribution in [-0.4, -0.2) is 28.7 Å². The molecule has 1 heterocycles. The van der Waals surface area contributed by atoms with Gasteiger partial charge in [0.1, 0.15) is 11.8 Å². The maximum Gasteiger partial charge on any atom is 0.355 e. The first-order valence-electron chi connectivity index (χ1n) is 7.97. The summed E-state index contributed by atoms with van der Waals surface area (Å²) in [5.41, 5.74) is 2.29. The maximum atomic E-state index is 12.3. The predicted molar refractivity (Wildman–Crippen MR) is 94.9 cm³/mol. The third-order valence-corrected chi connectivity index (χ3v) is 3.95. The van der Waals surface area contributed by atoms with Crippen LogP contribution in [0.5, 0.6) is 0 Å². The number of para-hydroxylation sites is 1. The summed E-state index contributed by atoms with van der Waals surface area (Å²) in [7, 11) is 0. The average Bonchev–Trinajstić information content (AvgIpc) is 2.89. The number of esters is 1. The second kappa shape index (κ2) is 7.66. The van der Waals surface area contributed by atoms with Gasteiger partial charge in [0.05, 0.1) is 11.3 Å². The number of hydrogen-bond donors (Lipinski definition) is 2. The van der Waals surface area contributed by atoms with Crippen LogP contribution in [0, 0.1) is 25.2 Å². The highest BCUT2D eigenvalue weighted by molar-refractivity contribution is 6.02. The summed E-state index contributed by atoms with van der Waals surface area (Å²) in [6, 6.07) is 8.49. The lowest BCUT2D eigenvalue weighted by atomic mass is 10.1. The van der Waals surface area contributed by atoms with E-state index >= 15 is 0 Å². The number of aromatic amines is 1. The average molecular weight is 353 g/mol. The number of nitrogens with one attached hydrogen (secondary N) is 2. The van der Waals surface area contributed by atoms with Crippen LogP contribution in [0.15, 0.2) is 24.3 Å². The zero-order valence-corrected chi connectivity index (χ0v) is 15.0. The maximum absolute atomic E-state index is 12.3. The number of ketones is 1. The second-order valence-corrected chi connectivity index (χ2v) is 5.88. The number of carbonyl (C=O) groups excluding carboxylic acids is 3. The molecule has 1 unspecified atom stereocenters. The molecule has 0 aliphatic heterocycles. The number of aromatic nitrogens is 1. The third-order valence-electron chi connectivity index (χ3n) is 3.95. The molecule has 1 atom stereocenters. The highest BCUT2D eigenvalue weighted by Gasteiger charge is 2.25. The zero-order valence-electron chi connectivity index (χ0n) is 15.0. The summed E-state index contributed by atoms with van der Waals surface area (Å²) < 4.78 is 5.20. The van der Waals surface area contributed by atoms with E-state index in [1.807, 2.05) is 6.07 Å². The van der Waals surface area contributed by atoms with E-state index in [2.05, 4.69) is 10.3 Å². The van der Waals surface area contributed by atoms with E-state index in [9.17, 15) is 14.4 Å². The van der Waals surface area contributed by atoms with Crippen molar-refractivity contribution in [2.75, 3.05) is 5.32 Å². The van der Waals surface area contributed by atoms with Crippen LogP contribution in [-0.2, 0) is 9.53 Å². The lowest BCUT2D eigenvalue weighted by molar-refractivity contribution is -0.123. The molecule has 0 aliphatic rings. The first-order chi connectivity index (χ1) is 12.3. The van der Waals surface area contributed by atoms with Gasteiger partial charge in [0, 0.05) is 11.3 Å². The Morgan fingerprint density at radius 2 is 1.88 bits per heavy atom. The largest absolute Gasteiger partial charge is 0.448 e. The fourth-order valence-corrected chi connectivity index (χ4v) is 2.68. The molecule has 0 radical (unpaired) electrons. The standard InChI is InChI=1S/C19H19N3O4/c1-10-16(12(3)23)11(2)21-17(10)19(25)26-13(4)18(24)22-15-8-6-5-7-14(15)9-20/h5-8,13,21H,1-4H3,(H,22,24). The van der Waals surface area contributed by atoms with Crippen molar-refractivity contribution in [2.45, 2.75) is 33.8 Å². The summed E-state index contributed by atoms with van der Waals surface area (Å²) in [6.45, 7) is 6.18. The molecule has 2 rings (SSSR count). The van der Waals surface area contributed by atoms with Crippen LogP contribution in [0.3, 0.4) is 0 Å². The van der Waals surface area contributed by atoms with Crippen molar-refractivity contribution in [3.63, 3.8) is 0 Å². The van der Waals surface area contributed by atoms with Gasteiger partial charge >= 0.3 is 5.97 Å². The number of Topliss-reactive ketones (excluding diaryl/α,β-unsaturated/α-hetero) is 1. The summed E-state index contributed by atoms with van der Waals surface area (Å²) in [5, 5.41) is 11.6. The van der Waals surface area contributed by atoms with Gasteiger partial charge in [0.2, 0.25) is 0 Å². The monoisotopic (exact) mass is 353 g/mol. The molecule has 2 aromatic rings. The van der Waals surface area contributed by atoms with Crippen molar-refractivity contribution in [2.24, 2.45) is 0 Å². The molecule has 1 aromatic carbocycles. The molecule has 7 heteroatoms. The Morgan fingerprint density at radius 1 is 1.23 bits per heavy atom. The number of amides is 1. The molecule has 7 nitrogen and oxygen atoms in total. The van der Waals surface area contributed by atoms with Crippen LogP contribution >= 0.6 is 0 Å². The Hall–Kier alpha value is -3.40. The molecular formula is C19H19N3O4. The quantitative estimate of drug-likeness (QED) is 0.634. The van der Waals surface area contributed by atoms with E-state index < -0.39 is 18.0 Å². The number of rotatable bonds is 5. The molecular weight excluding hydrogens is 334 g/mol. The van der Waals surface area contributed by atoms with E-state index in [4.69, 9.17) is 10.00 Å². The van der Waals surface area contributed by atoms with Crippen LogP contribution in [0.25, 0.3) is 0 Å². The summed E-state index contributed by atoms with van der Waals surface area (Å²) in [5.74, 6) is -1.45. The summed E-state index contributed by atoms with van der Waals surface area (Å²) in [4.78, 5) is 39.1. The molecule has 0 bridgehead atoms. The number of ether oxygens (including phenoxy) is 1. The SMILES string of the molecule is CC(=O)c1c(C)[nH]c(C(=O)OC(C)C(=O)Nc2ccccc2C#N)c1C. The molecule has 0 saturated carbocycles. The molecule has 2 N–H and O–H groups in total. The number of benzene rings is 1. The van der Waals surface area contributed by atoms with Crippen molar-refractivity contribution in [3.05, 3.63) is 52.3 Å². The van der Waals surface area contributed by atoms with Crippen molar-refractivity contribution in [1.82, 2.24) is 4.98 Å². The van der Waals surface area contributed by atoms with Gasteiger partial charge in [0.25, 0.3) is 5.91 Å². The number of carbonyl (C=O) groups is 3. The van der Waals surface area contributed by atoms with Crippen molar-refractivity contribution < 1.29 is 19.1 Å². The van der Waals surface area contributed by atoms with Gasteiger partial charge in [-0.05, 0) is 45.4 Å². The van der Waals surface area contributed by atoms with Gasteiger partial charge in [-0.15, -0.1) is 0 Å². The molecule has 0 aliphatic carbocycles. The van der Waals surface area contributed by atoms with Crippen LogP contribution < -0.4 is 5.32 Å². The second-order valence-electron chi connectivity index (χ2n) is 5.88. The first kappa shape index (κ1) is 18.9. The van der Waals surface area contributed by atoms with Gasteiger partial charge in [-0.2, -0.15) is 5.26 Å². The number of H-pyrrole nitrogens is 1. The Balaban J connectivity index is 2.12. The molecule has 134 valence electrons. The minimum atomic E-state index is -1.09. The summed E-state index contributed by atoms with van der Waals surface area (Å²) >= 11 is 0. The summed E-state index contributed by atoms with van der Waals surface area (Å²) in [6.07, 6.45) is -1.09. The lowest BCUT2D eigenvalue weighted by Gasteiger charge is -2.14. The highest BCUT2D eigenvalue weighted by Crippen LogP contribution is 2.20. The molecule has 1 amide bonds. The molecule has 26 heavy (non-hydrogen) atoms. The minimum absolute atomic E-state index is 0.143. The van der Waals surface area contributed by atoms with E-state index in [0.29, 0.717) is 28.1 Å². The molecule has 1 aromatic heterocycles. The number of aryl methyl sites for hydroxylation is 1. The number of hydrogen-bond acceptors (Lipinski definition) is 5. The fourth-order valence-electron chi connectivity index (χ4n) is 2.68. The minimum Gasteiger partial charge on any atom is -0.448 e.